The SMILES string of the molecule is Clc1cc(C2CCCC2)nc(-c2cn[nH]n2)n1. The molecule has 5 nitrogen and oxygen atoms in total. The molecular weight excluding hydrogens is 238 g/mol. The van der Waals surface area contributed by atoms with Gasteiger partial charge in [0, 0.05) is 11.6 Å². The predicted octanol–water partition coefficient (Wildman–Crippen LogP) is 2.57. The van der Waals surface area contributed by atoms with Gasteiger partial charge < -0.3 is 0 Å². The predicted molar refractivity (Wildman–Crippen MR) is 63.6 cm³/mol. The van der Waals surface area contributed by atoms with Crippen molar-refractivity contribution >= 4 is 11.6 Å². The van der Waals surface area contributed by atoms with Crippen LogP contribution in [0.2, 0.25) is 5.15 Å². The largest absolute Gasteiger partial charge is 0.231 e. The Morgan fingerprint density at radius 1 is 1.24 bits per heavy atom. The van der Waals surface area contributed by atoms with Gasteiger partial charge in [-0.2, -0.15) is 15.4 Å². The van der Waals surface area contributed by atoms with Crippen molar-refractivity contribution < 1.29 is 0 Å². The van der Waals surface area contributed by atoms with E-state index in [2.05, 4.69) is 25.4 Å². The number of aromatic amines is 1. The average molecular weight is 250 g/mol. The Hall–Kier alpha value is -1.49. The fraction of sp³-hybridized carbons (Fsp3) is 0.455. The summed E-state index contributed by atoms with van der Waals surface area (Å²) in [7, 11) is 0. The molecule has 0 radical (unpaired) electrons. The van der Waals surface area contributed by atoms with Crippen LogP contribution in [0.15, 0.2) is 12.3 Å². The van der Waals surface area contributed by atoms with E-state index in [4.69, 9.17) is 11.6 Å². The van der Waals surface area contributed by atoms with Gasteiger partial charge in [-0.05, 0) is 18.9 Å². The molecule has 1 aliphatic carbocycles. The van der Waals surface area contributed by atoms with Gasteiger partial charge in [0.25, 0.3) is 0 Å². The van der Waals surface area contributed by atoms with Crippen LogP contribution in [0.25, 0.3) is 11.5 Å². The smallest absolute Gasteiger partial charge is 0.183 e. The fourth-order valence-electron chi connectivity index (χ4n) is 2.29. The monoisotopic (exact) mass is 249 g/mol. The molecule has 0 spiro atoms. The second-order valence-corrected chi connectivity index (χ2v) is 4.66. The molecule has 0 unspecified atom stereocenters. The van der Waals surface area contributed by atoms with Gasteiger partial charge in [0.2, 0.25) is 0 Å². The molecule has 2 aromatic heterocycles. The minimum Gasteiger partial charge on any atom is -0.231 e. The third-order valence-electron chi connectivity index (χ3n) is 3.13. The Bertz CT molecular complexity index is 505. The molecule has 1 N–H and O–H groups in total. The fourth-order valence-corrected chi connectivity index (χ4v) is 2.48. The Morgan fingerprint density at radius 2 is 2.06 bits per heavy atom. The van der Waals surface area contributed by atoms with Gasteiger partial charge >= 0.3 is 0 Å². The lowest BCUT2D eigenvalue weighted by molar-refractivity contribution is 0.695. The number of nitrogens with zero attached hydrogens (tertiary/aromatic N) is 4. The topological polar surface area (TPSA) is 67.3 Å². The molecule has 0 bridgehead atoms. The first kappa shape index (κ1) is 10.7. The summed E-state index contributed by atoms with van der Waals surface area (Å²) in [5, 5.41) is 10.8. The highest BCUT2D eigenvalue weighted by atomic mass is 35.5. The molecule has 2 aromatic rings. The van der Waals surface area contributed by atoms with Crippen LogP contribution in [0, 0.1) is 0 Å². The molecule has 1 aliphatic rings. The molecular formula is C11H12ClN5. The van der Waals surface area contributed by atoms with Crippen molar-refractivity contribution in [1.82, 2.24) is 25.4 Å². The average Bonchev–Trinajstić information content (AvgIpc) is 3.02. The van der Waals surface area contributed by atoms with E-state index in [1.54, 1.807) is 6.20 Å². The number of halogens is 1. The quantitative estimate of drug-likeness (QED) is 0.831. The van der Waals surface area contributed by atoms with Crippen LogP contribution in [0.3, 0.4) is 0 Å². The molecule has 2 heterocycles. The van der Waals surface area contributed by atoms with Gasteiger partial charge in [-0.3, -0.25) is 0 Å². The molecule has 1 fully saturated rings. The molecule has 3 rings (SSSR count). The van der Waals surface area contributed by atoms with Crippen molar-refractivity contribution in [3.05, 3.63) is 23.1 Å². The van der Waals surface area contributed by atoms with Crippen LogP contribution in [-0.2, 0) is 0 Å². The minimum absolute atomic E-state index is 0.472. The van der Waals surface area contributed by atoms with Crippen molar-refractivity contribution in [1.29, 1.82) is 0 Å². The van der Waals surface area contributed by atoms with E-state index in [0.29, 0.717) is 22.6 Å². The van der Waals surface area contributed by atoms with Crippen molar-refractivity contribution in [2.75, 3.05) is 0 Å². The molecule has 1 saturated carbocycles. The van der Waals surface area contributed by atoms with Crippen molar-refractivity contribution in [3.63, 3.8) is 0 Å². The van der Waals surface area contributed by atoms with Gasteiger partial charge in [-0.1, -0.05) is 24.4 Å². The molecule has 6 heteroatoms. The highest BCUT2D eigenvalue weighted by Gasteiger charge is 2.20. The van der Waals surface area contributed by atoms with Crippen molar-refractivity contribution in [3.8, 4) is 11.5 Å². The summed E-state index contributed by atoms with van der Waals surface area (Å²) in [6.45, 7) is 0. The first-order valence-electron chi connectivity index (χ1n) is 5.73. The number of nitrogens with one attached hydrogen (secondary N) is 1. The summed E-state index contributed by atoms with van der Waals surface area (Å²) in [6, 6.07) is 1.86. The van der Waals surface area contributed by atoms with Crippen LogP contribution >= 0.6 is 11.6 Å². The van der Waals surface area contributed by atoms with E-state index in [0.717, 1.165) is 5.69 Å². The molecule has 0 saturated heterocycles. The van der Waals surface area contributed by atoms with E-state index >= 15 is 0 Å². The van der Waals surface area contributed by atoms with Crippen LogP contribution < -0.4 is 0 Å². The maximum absolute atomic E-state index is 6.04. The standard InChI is InChI=1S/C11H12ClN5/c12-10-5-8(7-3-1-2-4-7)14-11(15-10)9-6-13-17-16-9/h5-7H,1-4H2,(H,13,16,17). The Morgan fingerprint density at radius 3 is 2.76 bits per heavy atom. The number of hydrogen-bond donors (Lipinski definition) is 1. The summed E-state index contributed by atoms with van der Waals surface area (Å²) in [5.41, 5.74) is 1.66. The highest BCUT2D eigenvalue weighted by molar-refractivity contribution is 6.29. The molecule has 0 amide bonds. The van der Waals surface area contributed by atoms with Gasteiger partial charge in [0.15, 0.2) is 5.82 Å². The number of aromatic nitrogens is 5. The third kappa shape index (κ3) is 2.15. The number of hydrogen-bond acceptors (Lipinski definition) is 4. The molecule has 0 aliphatic heterocycles. The van der Waals surface area contributed by atoms with E-state index in [1.165, 1.54) is 25.7 Å². The Balaban J connectivity index is 2.00. The normalized spacial score (nSPS) is 16.5. The summed E-state index contributed by atoms with van der Waals surface area (Å²) in [5.74, 6) is 1.06. The van der Waals surface area contributed by atoms with Gasteiger partial charge in [-0.15, -0.1) is 0 Å². The molecule has 0 atom stereocenters. The first-order valence-corrected chi connectivity index (χ1v) is 6.11. The lowest BCUT2D eigenvalue weighted by atomic mass is 10.0. The van der Waals surface area contributed by atoms with Crippen LogP contribution in [0.1, 0.15) is 37.3 Å². The van der Waals surface area contributed by atoms with Crippen LogP contribution in [0.4, 0.5) is 0 Å². The summed E-state index contributed by atoms with van der Waals surface area (Å²) in [6.07, 6.45) is 6.51. The second kappa shape index (κ2) is 4.41. The Kier molecular flexibility index (Phi) is 2.76. The molecule has 88 valence electrons. The van der Waals surface area contributed by atoms with Crippen LogP contribution in [0.5, 0.6) is 0 Å². The van der Waals surface area contributed by atoms with E-state index in [9.17, 15) is 0 Å². The zero-order chi connectivity index (χ0) is 11.7. The maximum atomic E-state index is 6.04. The summed E-state index contributed by atoms with van der Waals surface area (Å²) in [4.78, 5) is 8.72. The highest BCUT2D eigenvalue weighted by Crippen LogP contribution is 2.34. The van der Waals surface area contributed by atoms with Crippen molar-refractivity contribution in [2.45, 2.75) is 31.6 Å². The van der Waals surface area contributed by atoms with Gasteiger partial charge in [0.1, 0.15) is 10.8 Å². The first-order chi connectivity index (χ1) is 8.33. The van der Waals surface area contributed by atoms with Crippen LogP contribution in [-0.4, -0.2) is 25.4 Å². The molecule has 17 heavy (non-hydrogen) atoms. The third-order valence-corrected chi connectivity index (χ3v) is 3.33. The van der Waals surface area contributed by atoms with Gasteiger partial charge in [0.05, 0.1) is 6.20 Å². The second-order valence-electron chi connectivity index (χ2n) is 4.28. The molecule has 0 aromatic carbocycles. The van der Waals surface area contributed by atoms with Gasteiger partial charge in [-0.25, -0.2) is 9.97 Å². The Labute approximate surface area is 104 Å². The number of rotatable bonds is 2. The minimum atomic E-state index is 0.472. The number of H-pyrrole nitrogens is 1. The zero-order valence-electron chi connectivity index (χ0n) is 9.23. The van der Waals surface area contributed by atoms with E-state index in [1.807, 2.05) is 6.07 Å². The van der Waals surface area contributed by atoms with E-state index < -0.39 is 0 Å². The summed E-state index contributed by atoms with van der Waals surface area (Å²) >= 11 is 6.04. The summed E-state index contributed by atoms with van der Waals surface area (Å²) < 4.78 is 0. The lowest BCUT2D eigenvalue weighted by Gasteiger charge is -2.09. The lowest BCUT2D eigenvalue weighted by Crippen LogP contribution is -2.00. The zero-order valence-corrected chi connectivity index (χ0v) is 9.98. The van der Waals surface area contributed by atoms with Crippen molar-refractivity contribution in [2.24, 2.45) is 0 Å². The maximum Gasteiger partial charge on any atom is 0.183 e. The van der Waals surface area contributed by atoms with E-state index in [-0.39, 0.29) is 0 Å².